The van der Waals surface area contributed by atoms with Crippen molar-refractivity contribution in [2.45, 2.75) is 20.3 Å². The summed E-state index contributed by atoms with van der Waals surface area (Å²) in [7, 11) is 0. The van der Waals surface area contributed by atoms with E-state index in [-0.39, 0.29) is 0 Å². The van der Waals surface area contributed by atoms with Crippen LogP contribution in [-0.4, -0.2) is 9.97 Å². The molecule has 0 radical (unpaired) electrons. The molecule has 1 heterocycles. The lowest BCUT2D eigenvalue weighted by Crippen LogP contribution is -2.13. The lowest BCUT2D eigenvalue weighted by Gasteiger charge is -2.13. The summed E-state index contributed by atoms with van der Waals surface area (Å²) < 4.78 is 6.58. The molecule has 0 fully saturated rings. The lowest BCUT2D eigenvalue weighted by molar-refractivity contribution is 0.452. The van der Waals surface area contributed by atoms with Crippen molar-refractivity contribution in [2.24, 2.45) is 5.84 Å². The number of hydrazine groups is 1. The van der Waals surface area contributed by atoms with Gasteiger partial charge in [-0.05, 0) is 41.1 Å². The summed E-state index contributed by atoms with van der Waals surface area (Å²) in [4.78, 5) is 8.66. The predicted octanol–water partition coefficient (Wildman–Crippen LogP) is 3.84. The van der Waals surface area contributed by atoms with E-state index in [1.165, 1.54) is 0 Å². The number of halogens is 2. The Labute approximate surface area is 130 Å². The van der Waals surface area contributed by atoms with E-state index in [1.807, 2.05) is 13.8 Å². The van der Waals surface area contributed by atoms with Crippen LogP contribution in [0, 0.1) is 6.92 Å². The Morgan fingerprint density at radius 3 is 2.75 bits per heavy atom. The third-order valence-corrected chi connectivity index (χ3v) is 3.56. The smallest absolute Gasteiger partial charge is 0.227 e. The summed E-state index contributed by atoms with van der Waals surface area (Å²) in [6.07, 6.45) is 0.688. The minimum atomic E-state index is 0.466. The Bertz CT molecular complexity index is 636. The van der Waals surface area contributed by atoms with Crippen molar-refractivity contribution in [3.05, 3.63) is 39.1 Å². The first kappa shape index (κ1) is 15.0. The number of nitrogens with zero attached hydrogens (tertiary/aromatic N) is 2. The first-order chi connectivity index (χ1) is 9.55. The summed E-state index contributed by atoms with van der Waals surface area (Å²) in [6, 6.07) is 5.28. The maximum Gasteiger partial charge on any atom is 0.227 e. The highest BCUT2D eigenvalue weighted by Crippen LogP contribution is 2.33. The van der Waals surface area contributed by atoms with Crippen LogP contribution >= 0.6 is 27.5 Å². The molecule has 7 heteroatoms. The van der Waals surface area contributed by atoms with Crippen LogP contribution in [0.1, 0.15) is 18.3 Å². The van der Waals surface area contributed by atoms with Crippen molar-refractivity contribution in [2.75, 3.05) is 5.43 Å². The van der Waals surface area contributed by atoms with E-state index in [0.29, 0.717) is 34.7 Å². The molecule has 2 aromatic rings. The second kappa shape index (κ2) is 6.39. The highest BCUT2D eigenvalue weighted by atomic mass is 79.9. The summed E-state index contributed by atoms with van der Waals surface area (Å²) in [5.41, 5.74) is 3.30. The van der Waals surface area contributed by atoms with Gasteiger partial charge in [0.15, 0.2) is 0 Å². The SMILES string of the molecule is CCc1nc(NN)c(C)c(Oc2ccc(Cl)cc2Br)n1. The van der Waals surface area contributed by atoms with Crippen molar-refractivity contribution in [1.82, 2.24) is 9.97 Å². The molecule has 2 rings (SSSR count). The van der Waals surface area contributed by atoms with Crippen LogP contribution in [0.3, 0.4) is 0 Å². The number of benzene rings is 1. The third kappa shape index (κ3) is 3.20. The normalized spacial score (nSPS) is 10.4. The van der Waals surface area contributed by atoms with E-state index in [4.69, 9.17) is 22.2 Å². The van der Waals surface area contributed by atoms with Crippen molar-refractivity contribution in [1.29, 1.82) is 0 Å². The summed E-state index contributed by atoms with van der Waals surface area (Å²) in [6.45, 7) is 3.81. The van der Waals surface area contributed by atoms with Gasteiger partial charge in [-0.15, -0.1) is 0 Å². The maximum absolute atomic E-state index is 5.91. The van der Waals surface area contributed by atoms with Gasteiger partial charge in [0.05, 0.1) is 10.0 Å². The molecule has 20 heavy (non-hydrogen) atoms. The molecule has 0 unspecified atom stereocenters. The zero-order valence-electron chi connectivity index (χ0n) is 11.1. The Hall–Kier alpha value is -1.37. The van der Waals surface area contributed by atoms with Crippen LogP contribution in [0.2, 0.25) is 5.02 Å². The largest absolute Gasteiger partial charge is 0.437 e. The number of ether oxygens (including phenoxy) is 1. The first-order valence-electron chi connectivity index (χ1n) is 6.02. The summed E-state index contributed by atoms with van der Waals surface area (Å²) in [5.74, 6) is 7.76. The molecule has 0 amide bonds. The van der Waals surface area contributed by atoms with Crippen molar-refractivity contribution < 1.29 is 4.74 Å². The Kier molecular flexibility index (Phi) is 4.80. The quantitative estimate of drug-likeness (QED) is 0.642. The van der Waals surface area contributed by atoms with E-state index in [0.717, 1.165) is 10.0 Å². The molecule has 0 bridgehead atoms. The molecule has 5 nitrogen and oxygen atoms in total. The number of nitrogens with two attached hydrogens (primary N) is 1. The Morgan fingerprint density at radius 1 is 1.40 bits per heavy atom. The number of rotatable bonds is 4. The third-order valence-electron chi connectivity index (χ3n) is 2.70. The van der Waals surface area contributed by atoms with Gasteiger partial charge in [-0.2, -0.15) is 4.98 Å². The van der Waals surface area contributed by atoms with Crippen LogP contribution < -0.4 is 16.0 Å². The molecule has 0 spiro atoms. The van der Waals surface area contributed by atoms with Gasteiger partial charge in [0.25, 0.3) is 0 Å². The topological polar surface area (TPSA) is 73.1 Å². The van der Waals surface area contributed by atoms with Gasteiger partial charge in [0, 0.05) is 11.4 Å². The molecule has 0 atom stereocenters. The van der Waals surface area contributed by atoms with Crippen LogP contribution in [0.25, 0.3) is 0 Å². The van der Waals surface area contributed by atoms with Crippen molar-refractivity contribution in [3.63, 3.8) is 0 Å². The highest BCUT2D eigenvalue weighted by molar-refractivity contribution is 9.10. The van der Waals surface area contributed by atoms with Crippen molar-refractivity contribution >= 4 is 33.3 Å². The number of aromatic nitrogens is 2. The van der Waals surface area contributed by atoms with Gasteiger partial charge in [-0.1, -0.05) is 18.5 Å². The van der Waals surface area contributed by atoms with Crippen LogP contribution in [0.5, 0.6) is 11.6 Å². The molecule has 1 aromatic heterocycles. The molecule has 0 saturated heterocycles. The van der Waals surface area contributed by atoms with Crippen LogP contribution in [0.4, 0.5) is 5.82 Å². The number of hydrogen-bond donors (Lipinski definition) is 2. The second-order valence-electron chi connectivity index (χ2n) is 4.09. The predicted molar refractivity (Wildman–Crippen MR) is 83.2 cm³/mol. The highest BCUT2D eigenvalue weighted by Gasteiger charge is 2.13. The molecule has 0 aliphatic heterocycles. The van der Waals surface area contributed by atoms with E-state index in [2.05, 4.69) is 31.3 Å². The first-order valence-corrected chi connectivity index (χ1v) is 7.19. The number of nitrogen functional groups attached to an aromatic ring is 1. The van der Waals surface area contributed by atoms with Gasteiger partial charge in [0.1, 0.15) is 17.4 Å². The van der Waals surface area contributed by atoms with E-state index >= 15 is 0 Å². The van der Waals surface area contributed by atoms with E-state index in [1.54, 1.807) is 18.2 Å². The average molecular weight is 358 g/mol. The number of aryl methyl sites for hydroxylation is 1. The van der Waals surface area contributed by atoms with Crippen LogP contribution in [0.15, 0.2) is 22.7 Å². The number of hydrogen-bond acceptors (Lipinski definition) is 5. The number of nitrogens with one attached hydrogen (secondary N) is 1. The molecule has 0 aliphatic rings. The second-order valence-corrected chi connectivity index (χ2v) is 5.38. The van der Waals surface area contributed by atoms with Crippen LogP contribution in [-0.2, 0) is 6.42 Å². The van der Waals surface area contributed by atoms with E-state index in [9.17, 15) is 0 Å². The minimum absolute atomic E-state index is 0.466. The van der Waals surface area contributed by atoms with Crippen molar-refractivity contribution in [3.8, 4) is 11.6 Å². The average Bonchev–Trinajstić information content (AvgIpc) is 2.43. The fourth-order valence-electron chi connectivity index (χ4n) is 1.60. The molecule has 0 saturated carbocycles. The zero-order valence-corrected chi connectivity index (χ0v) is 13.4. The lowest BCUT2D eigenvalue weighted by atomic mass is 10.3. The minimum Gasteiger partial charge on any atom is -0.437 e. The Balaban J connectivity index is 2.42. The molecular weight excluding hydrogens is 344 g/mol. The molecule has 106 valence electrons. The fourth-order valence-corrected chi connectivity index (χ4v) is 2.36. The fraction of sp³-hybridized carbons (Fsp3) is 0.231. The zero-order chi connectivity index (χ0) is 14.7. The molecular formula is C13H14BrClN4O. The monoisotopic (exact) mass is 356 g/mol. The van der Waals surface area contributed by atoms with Gasteiger partial charge in [-0.3, -0.25) is 0 Å². The van der Waals surface area contributed by atoms with E-state index < -0.39 is 0 Å². The molecule has 3 N–H and O–H groups in total. The molecule has 0 aliphatic carbocycles. The van der Waals surface area contributed by atoms with Gasteiger partial charge >= 0.3 is 0 Å². The molecule has 1 aromatic carbocycles. The maximum atomic E-state index is 5.91. The Morgan fingerprint density at radius 2 is 2.15 bits per heavy atom. The summed E-state index contributed by atoms with van der Waals surface area (Å²) >= 11 is 9.32. The van der Waals surface area contributed by atoms with Gasteiger partial charge in [0.2, 0.25) is 5.88 Å². The van der Waals surface area contributed by atoms with Gasteiger partial charge in [-0.25, -0.2) is 10.8 Å². The summed E-state index contributed by atoms with van der Waals surface area (Å²) in [5, 5.41) is 0.627. The number of anilines is 1. The van der Waals surface area contributed by atoms with Gasteiger partial charge < -0.3 is 10.2 Å². The standard InChI is InChI=1S/C13H14BrClN4O/c1-3-11-17-12(19-16)7(2)13(18-11)20-10-5-4-8(15)6-9(10)14/h4-6H,3,16H2,1-2H3,(H,17,18,19).